The molecule has 2 aliphatic rings. The van der Waals surface area contributed by atoms with Crippen molar-refractivity contribution in [1.82, 2.24) is 10.1 Å². The number of hydrogen-bond acceptors (Lipinski definition) is 8. The number of nitrogens with zero attached hydrogens (tertiary/aromatic N) is 4. The number of nitro benzene ring substituents is 1. The Morgan fingerprint density at radius 2 is 2.03 bits per heavy atom. The lowest BCUT2D eigenvalue weighted by atomic mass is 9.99. The Bertz CT molecular complexity index is 1410. The minimum atomic E-state index is -1.09. The second kappa shape index (κ2) is 9.02. The minimum absolute atomic E-state index is 0.0689. The lowest BCUT2D eigenvalue weighted by molar-refractivity contribution is -0.763. The molecule has 2 aliphatic heterocycles. The molecule has 0 saturated carbocycles. The lowest BCUT2D eigenvalue weighted by Crippen LogP contribution is -2.61. The molecule has 3 heterocycles. The number of nitrogens with one attached hydrogen (secondary N) is 1. The number of benzene rings is 2. The van der Waals surface area contributed by atoms with E-state index in [1.54, 1.807) is 31.2 Å². The van der Waals surface area contributed by atoms with Crippen LogP contribution in [0.1, 0.15) is 38.4 Å². The smallest absolute Gasteiger partial charge is 0.325 e. The number of rotatable bonds is 6. The molecule has 3 aromatic rings. The van der Waals surface area contributed by atoms with E-state index in [4.69, 9.17) is 9.47 Å². The largest absolute Gasteiger partial charge is 0.454 e. The molecular weight excluding hydrogens is 474 g/mol. The predicted octanol–water partition coefficient (Wildman–Crippen LogP) is 3.17. The number of fused-ring (bicyclic) bond motifs is 4. The zero-order valence-electron chi connectivity index (χ0n) is 19.0. The minimum Gasteiger partial charge on any atom is -0.454 e. The molecule has 5 rings (SSSR count). The van der Waals surface area contributed by atoms with Crippen molar-refractivity contribution in [1.29, 1.82) is 0 Å². The number of hydrogen-bond donors (Lipinski definition) is 1. The molecule has 1 N–H and O–H groups in total. The topological polar surface area (TPSA) is 132 Å². The van der Waals surface area contributed by atoms with Crippen LogP contribution in [0.15, 0.2) is 46.3 Å². The number of amides is 1. The summed E-state index contributed by atoms with van der Waals surface area (Å²) in [4.78, 5) is 42.6. The molecule has 0 radical (unpaired) electrons. The Hall–Kier alpha value is -3.93. The van der Waals surface area contributed by atoms with E-state index in [0.717, 1.165) is 6.42 Å². The highest BCUT2D eigenvalue weighted by Gasteiger charge is 2.48. The molecule has 1 amide bonds. The van der Waals surface area contributed by atoms with Crippen LogP contribution in [0, 0.1) is 10.1 Å². The van der Waals surface area contributed by atoms with Crippen LogP contribution < -0.4 is 24.6 Å². The van der Waals surface area contributed by atoms with Crippen molar-refractivity contribution in [2.45, 2.75) is 38.0 Å². The normalized spacial score (nSPS) is 15.5. The summed E-state index contributed by atoms with van der Waals surface area (Å²) in [6.45, 7) is 3.65. The Morgan fingerprint density at radius 3 is 2.74 bits per heavy atom. The molecule has 1 unspecified atom stereocenters. The first-order chi connectivity index (χ1) is 16.9. The van der Waals surface area contributed by atoms with Crippen LogP contribution in [0.3, 0.4) is 0 Å². The molecule has 11 nitrogen and oxygen atoms in total. The number of ether oxygens (including phenoxy) is 2. The zero-order chi connectivity index (χ0) is 24.7. The summed E-state index contributed by atoms with van der Waals surface area (Å²) in [5.74, 6) is 0.998. The van der Waals surface area contributed by atoms with Crippen LogP contribution in [0.25, 0.3) is 11.3 Å². The van der Waals surface area contributed by atoms with Gasteiger partial charge in [0.05, 0.1) is 22.2 Å². The lowest BCUT2D eigenvalue weighted by Gasteiger charge is -2.31. The third-order valence-electron chi connectivity index (χ3n) is 5.77. The average Bonchev–Trinajstić information content (AvgIpc) is 3.32. The van der Waals surface area contributed by atoms with Gasteiger partial charge >= 0.3 is 11.3 Å². The molecule has 0 aliphatic carbocycles. The maximum absolute atomic E-state index is 13.3. The number of aromatic amines is 1. The van der Waals surface area contributed by atoms with Gasteiger partial charge in [-0.2, -0.15) is 0 Å². The summed E-state index contributed by atoms with van der Waals surface area (Å²) in [6, 6.07) is 9.75. The van der Waals surface area contributed by atoms with Crippen molar-refractivity contribution in [2.75, 3.05) is 17.4 Å². The standard InChI is InChI=1S/C23H21N5O6S/c1-3-9-35-23-24-21(30)20-13-7-5-6-8-15(13)26(19(29)4-2)22(27(20)25-23)14-10-17-18(34-12-33-17)11-16(14)28(31)32/h5-8,10-11,22H,3-4,9,12H2,1-2H3/p+1. The number of H-pyrrole nitrogens is 1. The first-order valence-electron chi connectivity index (χ1n) is 11.1. The molecule has 180 valence electrons. The number of anilines is 1. The molecular formula is C23H22N5O6S+. The van der Waals surface area contributed by atoms with Gasteiger partial charge in [0.1, 0.15) is 5.56 Å². The molecule has 0 fully saturated rings. The van der Waals surface area contributed by atoms with E-state index in [9.17, 15) is 19.7 Å². The highest BCUT2D eigenvalue weighted by Crippen LogP contribution is 2.44. The fourth-order valence-corrected chi connectivity index (χ4v) is 4.98. The van der Waals surface area contributed by atoms with Gasteiger partial charge in [0.2, 0.25) is 17.9 Å². The second-order valence-corrected chi connectivity index (χ2v) is 9.01. The van der Waals surface area contributed by atoms with E-state index >= 15 is 0 Å². The van der Waals surface area contributed by atoms with Crippen LogP contribution in [-0.2, 0) is 4.79 Å². The maximum Gasteiger partial charge on any atom is 0.325 e. The predicted molar refractivity (Wildman–Crippen MR) is 127 cm³/mol. The Morgan fingerprint density at radius 1 is 1.29 bits per heavy atom. The van der Waals surface area contributed by atoms with E-state index in [2.05, 4.69) is 10.1 Å². The summed E-state index contributed by atoms with van der Waals surface area (Å²) < 4.78 is 12.3. The van der Waals surface area contributed by atoms with Gasteiger partial charge in [-0.3, -0.25) is 24.7 Å². The van der Waals surface area contributed by atoms with Gasteiger partial charge in [0, 0.05) is 23.3 Å². The quantitative estimate of drug-likeness (QED) is 0.238. The van der Waals surface area contributed by atoms with Gasteiger partial charge in [0.15, 0.2) is 11.5 Å². The Labute approximate surface area is 203 Å². The first kappa shape index (κ1) is 22.8. The molecule has 0 saturated heterocycles. The van der Waals surface area contributed by atoms with E-state index in [1.807, 2.05) is 6.92 Å². The third kappa shape index (κ3) is 3.79. The molecule has 12 heteroatoms. The van der Waals surface area contributed by atoms with Gasteiger partial charge in [-0.25, -0.2) is 4.90 Å². The van der Waals surface area contributed by atoms with E-state index in [1.165, 1.54) is 33.5 Å². The highest BCUT2D eigenvalue weighted by atomic mass is 32.2. The number of para-hydroxylation sites is 1. The van der Waals surface area contributed by atoms with Crippen molar-refractivity contribution < 1.29 is 23.9 Å². The van der Waals surface area contributed by atoms with E-state index in [0.29, 0.717) is 27.9 Å². The van der Waals surface area contributed by atoms with Crippen molar-refractivity contribution in [3.63, 3.8) is 0 Å². The Balaban J connectivity index is 1.85. The fraction of sp³-hybridized carbons (Fsp3) is 0.304. The number of carbonyl (C=O) groups is 1. The van der Waals surface area contributed by atoms with Gasteiger partial charge in [-0.1, -0.05) is 37.7 Å². The zero-order valence-corrected chi connectivity index (χ0v) is 19.8. The molecule has 0 spiro atoms. The first-order valence-corrected chi connectivity index (χ1v) is 12.1. The number of aromatic nitrogens is 3. The van der Waals surface area contributed by atoms with Gasteiger partial charge in [0.25, 0.3) is 11.9 Å². The van der Waals surface area contributed by atoms with Crippen LogP contribution in [0.2, 0.25) is 0 Å². The molecule has 1 aromatic heterocycles. The number of nitro groups is 1. The molecule has 1 atom stereocenters. The van der Waals surface area contributed by atoms with Crippen molar-refractivity contribution >= 4 is 29.0 Å². The van der Waals surface area contributed by atoms with Crippen LogP contribution >= 0.6 is 11.8 Å². The van der Waals surface area contributed by atoms with Gasteiger partial charge in [-0.15, -0.1) is 0 Å². The second-order valence-electron chi connectivity index (χ2n) is 7.93. The van der Waals surface area contributed by atoms with Gasteiger partial charge < -0.3 is 9.47 Å². The highest BCUT2D eigenvalue weighted by molar-refractivity contribution is 7.99. The van der Waals surface area contributed by atoms with Crippen molar-refractivity contribution in [3.05, 3.63) is 62.4 Å². The Kier molecular flexibility index (Phi) is 5.89. The summed E-state index contributed by atoms with van der Waals surface area (Å²) in [5, 5.41) is 17.2. The third-order valence-corrected chi connectivity index (χ3v) is 6.84. The maximum atomic E-state index is 13.3. The van der Waals surface area contributed by atoms with Crippen LogP contribution in [0.4, 0.5) is 11.4 Å². The van der Waals surface area contributed by atoms with E-state index in [-0.39, 0.29) is 41.8 Å². The van der Waals surface area contributed by atoms with Crippen molar-refractivity contribution in [3.8, 4) is 22.8 Å². The molecule has 2 aromatic carbocycles. The summed E-state index contributed by atoms with van der Waals surface area (Å²) >= 11 is 1.36. The monoisotopic (exact) mass is 496 g/mol. The molecule has 0 bridgehead atoms. The number of thioether (sulfide) groups is 1. The average molecular weight is 497 g/mol. The van der Waals surface area contributed by atoms with E-state index < -0.39 is 16.6 Å². The van der Waals surface area contributed by atoms with Gasteiger partial charge in [-0.05, 0) is 23.2 Å². The van der Waals surface area contributed by atoms with Crippen LogP contribution in [0.5, 0.6) is 11.5 Å². The summed E-state index contributed by atoms with van der Waals surface area (Å²) in [7, 11) is 0. The fourth-order valence-electron chi connectivity index (χ4n) is 4.27. The molecule has 35 heavy (non-hydrogen) atoms. The number of carbonyl (C=O) groups excluding carboxylic acids is 1. The summed E-state index contributed by atoms with van der Waals surface area (Å²) in [5.41, 5.74) is 0.677. The van der Waals surface area contributed by atoms with Crippen molar-refractivity contribution in [2.24, 2.45) is 0 Å². The summed E-state index contributed by atoms with van der Waals surface area (Å²) in [6.07, 6.45) is -0.0959. The SMILES string of the molecule is CCCSc1n[n+]2c(c(=O)[nH]1)-c1ccccc1N(C(=O)CC)C2c1cc2c(cc1[N+](=O)[O-])OCO2. The van der Waals surface area contributed by atoms with Crippen LogP contribution in [-0.4, -0.2) is 33.5 Å².